The minimum absolute atomic E-state index is 0.00736. The SMILES string of the molecule is Nc1cc(S(N)(=O)=O)ccc1N1CCCO1. The summed E-state index contributed by atoms with van der Waals surface area (Å²) in [5.41, 5.74) is 6.77. The minimum Gasteiger partial charge on any atom is -0.397 e. The van der Waals surface area contributed by atoms with Gasteiger partial charge in [0, 0.05) is 6.54 Å². The van der Waals surface area contributed by atoms with E-state index in [0.29, 0.717) is 18.0 Å². The van der Waals surface area contributed by atoms with Gasteiger partial charge in [0.15, 0.2) is 0 Å². The molecule has 0 unspecified atom stereocenters. The van der Waals surface area contributed by atoms with Gasteiger partial charge in [-0.1, -0.05) is 0 Å². The molecule has 0 bridgehead atoms. The van der Waals surface area contributed by atoms with E-state index < -0.39 is 10.0 Å². The molecule has 1 fully saturated rings. The third-order valence-corrected chi connectivity index (χ3v) is 3.26. The molecule has 88 valence electrons. The zero-order valence-electron chi connectivity index (χ0n) is 8.59. The van der Waals surface area contributed by atoms with Crippen molar-refractivity contribution in [3.8, 4) is 0 Å². The number of nitrogens with two attached hydrogens (primary N) is 2. The summed E-state index contributed by atoms with van der Waals surface area (Å²) in [5, 5.41) is 6.66. The van der Waals surface area contributed by atoms with Gasteiger partial charge in [-0.15, -0.1) is 0 Å². The van der Waals surface area contributed by atoms with Crippen LogP contribution in [0.1, 0.15) is 6.42 Å². The monoisotopic (exact) mass is 243 g/mol. The number of hydroxylamine groups is 1. The lowest BCUT2D eigenvalue weighted by atomic mass is 10.2. The van der Waals surface area contributed by atoms with Gasteiger partial charge in [-0.25, -0.2) is 13.6 Å². The summed E-state index contributed by atoms with van der Waals surface area (Å²) in [4.78, 5) is 5.33. The summed E-state index contributed by atoms with van der Waals surface area (Å²) in [6.07, 6.45) is 0.927. The van der Waals surface area contributed by atoms with Crippen molar-refractivity contribution in [2.75, 3.05) is 23.9 Å². The first-order valence-corrected chi connectivity index (χ1v) is 6.36. The highest BCUT2D eigenvalue weighted by Gasteiger charge is 2.17. The molecule has 7 heteroatoms. The summed E-state index contributed by atoms with van der Waals surface area (Å²) in [7, 11) is -3.70. The van der Waals surface area contributed by atoms with Crippen LogP contribution in [0.25, 0.3) is 0 Å². The molecule has 16 heavy (non-hydrogen) atoms. The number of benzene rings is 1. The second-order valence-electron chi connectivity index (χ2n) is 3.55. The maximum absolute atomic E-state index is 11.1. The van der Waals surface area contributed by atoms with E-state index in [1.165, 1.54) is 12.1 Å². The van der Waals surface area contributed by atoms with Crippen LogP contribution < -0.4 is 15.9 Å². The third-order valence-electron chi connectivity index (χ3n) is 2.35. The molecule has 1 heterocycles. The van der Waals surface area contributed by atoms with Crippen molar-refractivity contribution in [3.05, 3.63) is 18.2 Å². The Morgan fingerprint density at radius 2 is 2.12 bits per heavy atom. The number of anilines is 2. The average molecular weight is 243 g/mol. The maximum Gasteiger partial charge on any atom is 0.238 e. The predicted molar refractivity (Wildman–Crippen MR) is 60.1 cm³/mol. The summed E-state index contributed by atoms with van der Waals surface area (Å²) >= 11 is 0. The van der Waals surface area contributed by atoms with Gasteiger partial charge in [-0.3, -0.25) is 9.90 Å². The van der Waals surface area contributed by atoms with Crippen LogP contribution in [0.2, 0.25) is 0 Å². The largest absolute Gasteiger partial charge is 0.397 e. The lowest BCUT2D eigenvalue weighted by molar-refractivity contribution is 0.168. The zero-order chi connectivity index (χ0) is 11.8. The Balaban J connectivity index is 2.37. The fourth-order valence-electron chi connectivity index (χ4n) is 1.57. The van der Waals surface area contributed by atoms with E-state index in [9.17, 15) is 8.42 Å². The van der Waals surface area contributed by atoms with Crippen molar-refractivity contribution in [3.63, 3.8) is 0 Å². The first kappa shape index (κ1) is 11.2. The molecule has 0 saturated carbocycles. The fraction of sp³-hybridized carbons (Fsp3) is 0.333. The smallest absolute Gasteiger partial charge is 0.238 e. The first-order chi connectivity index (χ1) is 7.48. The Morgan fingerprint density at radius 3 is 2.62 bits per heavy atom. The Morgan fingerprint density at radius 1 is 1.38 bits per heavy atom. The van der Waals surface area contributed by atoms with Gasteiger partial charge in [0.25, 0.3) is 0 Å². The van der Waals surface area contributed by atoms with Gasteiger partial charge in [-0.05, 0) is 24.6 Å². The highest BCUT2D eigenvalue weighted by Crippen LogP contribution is 2.28. The molecule has 1 aliphatic heterocycles. The van der Waals surface area contributed by atoms with Crippen molar-refractivity contribution < 1.29 is 13.3 Å². The van der Waals surface area contributed by atoms with Gasteiger partial charge in [0.05, 0.1) is 22.9 Å². The van der Waals surface area contributed by atoms with E-state index >= 15 is 0 Å². The van der Waals surface area contributed by atoms with Crippen LogP contribution in [0.5, 0.6) is 0 Å². The van der Waals surface area contributed by atoms with Crippen LogP contribution in [0.15, 0.2) is 23.1 Å². The van der Waals surface area contributed by atoms with Gasteiger partial charge < -0.3 is 5.73 Å². The van der Waals surface area contributed by atoms with E-state index in [1.807, 2.05) is 0 Å². The molecule has 1 aromatic rings. The Kier molecular flexibility index (Phi) is 2.75. The van der Waals surface area contributed by atoms with Gasteiger partial charge >= 0.3 is 0 Å². The standard InChI is InChI=1S/C9H13N3O3S/c10-8-6-7(16(11,13)14)2-3-9(8)12-4-1-5-15-12/h2-3,6H,1,4-5,10H2,(H2,11,13,14). The van der Waals surface area contributed by atoms with E-state index in [4.69, 9.17) is 15.7 Å². The van der Waals surface area contributed by atoms with Gasteiger partial charge in [0.2, 0.25) is 10.0 Å². The lowest BCUT2D eigenvalue weighted by Gasteiger charge is -2.18. The highest BCUT2D eigenvalue weighted by molar-refractivity contribution is 7.89. The van der Waals surface area contributed by atoms with Crippen LogP contribution in [0.4, 0.5) is 11.4 Å². The summed E-state index contributed by atoms with van der Waals surface area (Å²) in [5.74, 6) is 0. The van der Waals surface area contributed by atoms with Crippen LogP contribution in [-0.2, 0) is 14.9 Å². The Labute approximate surface area is 93.8 Å². The van der Waals surface area contributed by atoms with Gasteiger partial charge in [-0.2, -0.15) is 0 Å². The molecule has 4 N–H and O–H groups in total. The third kappa shape index (κ3) is 2.11. The van der Waals surface area contributed by atoms with Crippen LogP contribution >= 0.6 is 0 Å². The number of primary sulfonamides is 1. The second-order valence-corrected chi connectivity index (χ2v) is 5.12. The number of nitrogens with zero attached hydrogens (tertiary/aromatic N) is 1. The quantitative estimate of drug-likeness (QED) is 0.715. The molecular weight excluding hydrogens is 230 g/mol. The maximum atomic E-state index is 11.1. The van der Waals surface area contributed by atoms with E-state index in [0.717, 1.165) is 13.0 Å². The topological polar surface area (TPSA) is 98.7 Å². The normalized spacial score (nSPS) is 16.7. The van der Waals surface area contributed by atoms with Crippen molar-refractivity contribution in [2.45, 2.75) is 11.3 Å². The highest BCUT2D eigenvalue weighted by atomic mass is 32.2. The molecule has 0 aliphatic carbocycles. The number of nitrogen functional groups attached to an aromatic ring is 1. The van der Waals surface area contributed by atoms with Crippen molar-refractivity contribution in [1.29, 1.82) is 0 Å². The van der Waals surface area contributed by atoms with Crippen molar-refractivity contribution >= 4 is 21.4 Å². The Bertz CT molecular complexity index is 495. The molecule has 0 spiro atoms. The number of rotatable bonds is 2. The molecule has 1 saturated heterocycles. The molecular formula is C9H13N3O3S. The Hall–Kier alpha value is -1.31. The molecule has 0 amide bonds. The number of hydrogen-bond acceptors (Lipinski definition) is 5. The molecule has 2 rings (SSSR count). The molecule has 0 radical (unpaired) electrons. The van der Waals surface area contributed by atoms with E-state index in [-0.39, 0.29) is 4.90 Å². The minimum atomic E-state index is -3.70. The van der Waals surface area contributed by atoms with E-state index in [2.05, 4.69) is 0 Å². The lowest BCUT2D eigenvalue weighted by Crippen LogP contribution is -2.18. The second kappa shape index (κ2) is 3.93. The predicted octanol–water partition coefficient (Wildman–Crippen LogP) is 0.0579. The van der Waals surface area contributed by atoms with Crippen LogP contribution in [0, 0.1) is 0 Å². The number of hydrogen-bond donors (Lipinski definition) is 2. The summed E-state index contributed by atoms with van der Waals surface area (Å²) in [6, 6.07) is 4.36. The van der Waals surface area contributed by atoms with Gasteiger partial charge in [0.1, 0.15) is 0 Å². The van der Waals surface area contributed by atoms with E-state index in [1.54, 1.807) is 11.1 Å². The molecule has 6 nitrogen and oxygen atoms in total. The first-order valence-electron chi connectivity index (χ1n) is 4.81. The molecule has 0 aromatic heterocycles. The summed E-state index contributed by atoms with van der Waals surface area (Å²) in [6.45, 7) is 1.40. The number of sulfonamides is 1. The van der Waals surface area contributed by atoms with Crippen LogP contribution in [0.3, 0.4) is 0 Å². The molecule has 1 aromatic carbocycles. The average Bonchev–Trinajstić information content (AvgIpc) is 2.69. The zero-order valence-corrected chi connectivity index (χ0v) is 9.40. The molecule has 1 aliphatic rings. The molecule has 0 atom stereocenters. The van der Waals surface area contributed by atoms with Crippen molar-refractivity contribution in [1.82, 2.24) is 0 Å². The fourth-order valence-corrected chi connectivity index (χ4v) is 2.12. The van der Waals surface area contributed by atoms with Crippen molar-refractivity contribution in [2.24, 2.45) is 5.14 Å². The summed E-state index contributed by atoms with van der Waals surface area (Å²) < 4.78 is 22.2. The van der Waals surface area contributed by atoms with Crippen LogP contribution in [-0.4, -0.2) is 21.6 Å².